The molecule has 1 aliphatic heterocycles. The zero-order valence-corrected chi connectivity index (χ0v) is 20.0. The fourth-order valence-electron chi connectivity index (χ4n) is 3.20. The van der Waals surface area contributed by atoms with E-state index in [1.807, 2.05) is 24.3 Å². The van der Waals surface area contributed by atoms with Crippen molar-refractivity contribution in [1.82, 2.24) is 10.6 Å². The third-order valence-electron chi connectivity index (χ3n) is 4.69. The lowest BCUT2D eigenvalue weighted by Crippen LogP contribution is -2.36. The quantitative estimate of drug-likeness (QED) is 0.294. The van der Waals surface area contributed by atoms with E-state index < -0.39 is 6.61 Å². The monoisotopic (exact) mass is 564 g/mol. The lowest BCUT2D eigenvalue weighted by atomic mass is 10.2. The summed E-state index contributed by atoms with van der Waals surface area (Å²) >= 11 is 5.97. The highest BCUT2D eigenvalue weighted by atomic mass is 127. The van der Waals surface area contributed by atoms with Crippen LogP contribution < -0.4 is 20.3 Å². The maximum absolute atomic E-state index is 12.6. The van der Waals surface area contributed by atoms with Crippen LogP contribution in [0.15, 0.2) is 47.5 Å². The average molecular weight is 565 g/mol. The zero-order chi connectivity index (χ0) is 21.5. The van der Waals surface area contributed by atoms with Crippen LogP contribution in [0.3, 0.4) is 0 Å². The van der Waals surface area contributed by atoms with Gasteiger partial charge in [-0.2, -0.15) is 8.78 Å². The van der Waals surface area contributed by atoms with Gasteiger partial charge in [0.25, 0.3) is 0 Å². The molecule has 0 saturated carbocycles. The number of guanidine groups is 1. The molecule has 1 amide bonds. The molecule has 0 aromatic heterocycles. The molecular weight excluding hydrogens is 541 g/mol. The molecule has 3 rings (SSSR count). The van der Waals surface area contributed by atoms with E-state index in [1.165, 1.54) is 12.1 Å². The van der Waals surface area contributed by atoms with Crippen molar-refractivity contribution in [2.24, 2.45) is 4.99 Å². The maximum atomic E-state index is 12.6. The highest BCUT2D eigenvalue weighted by molar-refractivity contribution is 14.0. The Morgan fingerprint density at radius 1 is 1.19 bits per heavy atom. The second-order valence-electron chi connectivity index (χ2n) is 6.73. The number of alkyl halides is 2. The van der Waals surface area contributed by atoms with Gasteiger partial charge in [-0.05, 0) is 42.3 Å². The van der Waals surface area contributed by atoms with Crippen molar-refractivity contribution in [3.63, 3.8) is 0 Å². The van der Waals surface area contributed by atoms with Crippen LogP contribution in [0.4, 0.5) is 14.5 Å². The van der Waals surface area contributed by atoms with Crippen LogP contribution in [0.1, 0.15) is 24.0 Å². The number of amides is 1. The van der Waals surface area contributed by atoms with Crippen molar-refractivity contribution in [3.8, 4) is 5.75 Å². The summed E-state index contributed by atoms with van der Waals surface area (Å²) in [7, 11) is 1.62. The van der Waals surface area contributed by atoms with E-state index >= 15 is 0 Å². The summed E-state index contributed by atoms with van der Waals surface area (Å²) in [4.78, 5) is 17.8. The summed E-state index contributed by atoms with van der Waals surface area (Å²) in [6.07, 6.45) is 1.49. The number of benzene rings is 2. The van der Waals surface area contributed by atoms with E-state index in [0.717, 1.165) is 24.2 Å². The number of carbonyl (C=O) groups excluding carboxylic acids is 1. The number of ether oxygens (including phenoxy) is 1. The summed E-state index contributed by atoms with van der Waals surface area (Å²) in [6, 6.07) is 12.2. The molecule has 0 aliphatic carbocycles. The van der Waals surface area contributed by atoms with Gasteiger partial charge in [0.05, 0.1) is 0 Å². The average Bonchev–Trinajstić information content (AvgIpc) is 3.16. The van der Waals surface area contributed by atoms with Gasteiger partial charge in [-0.15, -0.1) is 24.0 Å². The minimum absolute atomic E-state index is 0. The van der Waals surface area contributed by atoms with Crippen molar-refractivity contribution in [2.75, 3.05) is 18.5 Å². The Morgan fingerprint density at radius 3 is 2.52 bits per heavy atom. The molecule has 1 saturated heterocycles. The molecule has 2 aromatic rings. The number of anilines is 1. The normalized spacial score (nSPS) is 13.9. The number of nitrogens with one attached hydrogen (secondary N) is 2. The Bertz CT molecular complexity index is 913. The van der Waals surface area contributed by atoms with Crippen LogP contribution in [0.5, 0.6) is 5.75 Å². The standard InChI is InChI=1S/C21H23ClF2N4O2.HI/c1-25-21(27-13-15-11-16(22)6-9-18(15)30-20(23)24)26-12-14-4-7-17(8-5-14)28-10-2-3-19(28)29;/h4-9,11,20H,2-3,10,12-13H2,1H3,(H2,25,26,27);1H. The van der Waals surface area contributed by atoms with E-state index in [1.54, 1.807) is 18.0 Å². The van der Waals surface area contributed by atoms with Gasteiger partial charge in [0.15, 0.2) is 5.96 Å². The van der Waals surface area contributed by atoms with Gasteiger partial charge < -0.3 is 20.3 Å². The number of hydrogen-bond acceptors (Lipinski definition) is 3. The Kier molecular flexibility index (Phi) is 9.76. The fraction of sp³-hybridized carbons (Fsp3) is 0.333. The Balaban J connectivity index is 0.00000341. The third-order valence-corrected chi connectivity index (χ3v) is 4.92. The van der Waals surface area contributed by atoms with E-state index in [4.69, 9.17) is 11.6 Å². The second-order valence-corrected chi connectivity index (χ2v) is 7.16. The Hall–Kier alpha value is -2.14. The lowest BCUT2D eigenvalue weighted by molar-refractivity contribution is -0.117. The summed E-state index contributed by atoms with van der Waals surface area (Å²) in [5.74, 6) is 0.711. The molecule has 10 heteroatoms. The number of aliphatic imine (C=N–C) groups is 1. The predicted molar refractivity (Wildman–Crippen MR) is 129 cm³/mol. The van der Waals surface area contributed by atoms with Gasteiger partial charge in [0.1, 0.15) is 5.75 Å². The highest BCUT2D eigenvalue weighted by Crippen LogP contribution is 2.24. The van der Waals surface area contributed by atoms with Gasteiger partial charge in [-0.25, -0.2) is 0 Å². The molecule has 2 aromatic carbocycles. The maximum Gasteiger partial charge on any atom is 0.387 e. The molecule has 0 atom stereocenters. The molecule has 1 aliphatic rings. The van der Waals surface area contributed by atoms with Gasteiger partial charge in [-0.3, -0.25) is 9.79 Å². The van der Waals surface area contributed by atoms with E-state index in [9.17, 15) is 13.6 Å². The van der Waals surface area contributed by atoms with Crippen molar-refractivity contribution < 1.29 is 18.3 Å². The van der Waals surface area contributed by atoms with E-state index in [2.05, 4.69) is 20.4 Å². The predicted octanol–water partition coefficient (Wildman–Crippen LogP) is 4.55. The smallest absolute Gasteiger partial charge is 0.387 e. The van der Waals surface area contributed by atoms with Gasteiger partial charge in [0.2, 0.25) is 5.91 Å². The largest absolute Gasteiger partial charge is 0.434 e. The fourth-order valence-corrected chi connectivity index (χ4v) is 3.39. The molecular formula is C21H24ClF2IN4O2. The van der Waals surface area contributed by atoms with Crippen molar-refractivity contribution in [3.05, 3.63) is 58.6 Å². The van der Waals surface area contributed by atoms with Crippen LogP contribution in [-0.4, -0.2) is 32.1 Å². The van der Waals surface area contributed by atoms with Crippen LogP contribution in [0.2, 0.25) is 5.02 Å². The molecule has 1 heterocycles. The molecule has 0 spiro atoms. The highest BCUT2D eigenvalue weighted by Gasteiger charge is 2.21. The topological polar surface area (TPSA) is 66.0 Å². The second kappa shape index (κ2) is 12.0. The van der Waals surface area contributed by atoms with Crippen LogP contribution in [-0.2, 0) is 17.9 Å². The summed E-state index contributed by atoms with van der Waals surface area (Å²) in [5.41, 5.74) is 2.40. The first-order valence-electron chi connectivity index (χ1n) is 9.53. The molecule has 0 radical (unpaired) electrons. The Morgan fingerprint density at radius 2 is 1.90 bits per heavy atom. The first-order valence-corrected chi connectivity index (χ1v) is 9.91. The van der Waals surface area contributed by atoms with Gasteiger partial charge in [-0.1, -0.05) is 23.7 Å². The van der Waals surface area contributed by atoms with Crippen LogP contribution >= 0.6 is 35.6 Å². The Labute approximate surface area is 202 Å². The number of halogens is 4. The first-order chi connectivity index (χ1) is 14.5. The molecule has 2 N–H and O–H groups in total. The molecule has 168 valence electrons. The summed E-state index contributed by atoms with van der Waals surface area (Å²) < 4.78 is 29.7. The van der Waals surface area contributed by atoms with Crippen molar-refractivity contribution >= 4 is 53.1 Å². The number of rotatable bonds is 7. The minimum Gasteiger partial charge on any atom is -0.434 e. The lowest BCUT2D eigenvalue weighted by Gasteiger charge is -2.17. The van der Waals surface area contributed by atoms with Gasteiger partial charge >= 0.3 is 6.61 Å². The molecule has 0 bridgehead atoms. The zero-order valence-electron chi connectivity index (χ0n) is 16.9. The van der Waals surface area contributed by atoms with Gasteiger partial charge in [0, 0.05) is 49.4 Å². The third kappa shape index (κ3) is 7.20. The molecule has 0 unspecified atom stereocenters. The molecule has 31 heavy (non-hydrogen) atoms. The number of carbonyl (C=O) groups is 1. The summed E-state index contributed by atoms with van der Waals surface area (Å²) in [5, 5.41) is 6.65. The molecule has 1 fully saturated rings. The van der Waals surface area contributed by atoms with E-state index in [0.29, 0.717) is 29.5 Å². The van der Waals surface area contributed by atoms with E-state index in [-0.39, 0.29) is 42.2 Å². The minimum atomic E-state index is -2.92. The summed E-state index contributed by atoms with van der Waals surface area (Å²) in [6.45, 7) is -1.45. The number of hydrogen-bond donors (Lipinski definition) is 2. The molecule has 6 nitrogen and oxygen atoms in total. The van der Waals surface area contributed by atoms with Crippen LogP contribution in [0, 0.1) is 0 Å². The number of nitrogens with zero attached hydrogens (tertiary/aromatic N) is 2. The SMILES string of the molecule is CN=C(NCc1ccc(N2CCCC2=O)cc1)NCc1cc(Cl)ccc1OC(F)F.I. The van der Waals surface area contributed by atoms with Crippen LogP contribution in [0.25, 0.3) is 0 Å². The van der Waals surface area contributed by atoms with Crippen molar-refractivity contribution in [2.45, 2.75) is 32.5 Å². The first kappa shape index (κ1) is 25.1. The van der Waals surface area contributed by atoms with Crippen molar-refractivity contribution in [1.29, 1.82) is 0 Å².